The van der Waals surface area contributed by atoms with Crippen LogP contribution in [0.1, 0.15) is 32.6 Å². The van der Waals surface area contributed by atoms with Crippen molar-refractivity contribution in [1.82, 2.24) is 24.9 Å². The molecule has 0 spiro atoms. The topological polar surface area (TPSA) is 154 Å². The van der Waals surface area contributed by atoms with E-state index in [-0.39, 0.29) is 32.1 Å². The van der Waals surface area contributed by atoms with E-state index in [0.29, 0.717) is 64.8 Å². The molecule has 0 aromatic carbocycles. The normalized spacial score (nSPS) is 24.4. The van der Waals surface area contributed by atoms with E-state index >= 15 is 0 Å². The van der Waals surface area contributed by atoms with Crippen molar-refractivity contribution in [3.63, 3.8) is 0 Å². The first-order valence-corrected chi connectivity index (χ1v) is 12.9. The van der Waals surface area contributed by atoms with Crippen LogP contribution in [-0.4, -0.2) is 144 Å². The number of hydrogen-bond acceptors (Lipinski definition) is 8. The zero-order valence-corrected chi connectivity index (χ0v) is 21.4. The van der Waals surface area contributed by atoms with Crippen molar-refractivity contribution < 1.29 is 34.5 Å². The molecule has 12 heteroatoms. The van der Waals surface area contributed by atoms with Gasteiger partial charge in [-0.1, -0.05) is 19.8 Å². The van der Waals surface area contributed by atoms with Gasteiger partial charge in [-0.3, -0.25) is 38.8 Å². The van der Waals surface area contributed by atoms with Gasteiger partial charge in [0.05, 0.1) is 26.2 Å². The zero-order valence-electron chi connectivity index (χ0n) is 21.4. The predicted octanol–water partition coefficient (Wildman–Crippen LogP) is -0.596. The monoisotopic (exact) mass is 513 g/mol. The number of amides is 1. The first kappa shape index (κ1) is 29.9. The quantitative estimate of drug-likeness (QED) is 0.296. The van der Waals surface area contributed by atoms with Crippen LogP contribution in [0.2, 0.25) is 0 Å². The van der Waals surface area contributed by atoms with E-state index in [2.05, 4.69) is 12.2 Å². The van der Waals surface area contributed by atoms with E-state index in [9.17, 15) is 34.5 Å². The Bertz CT molecular complexity index is 698. The fourth-order valence-corrected chi connectivity index (χ4v) is 4.84. The smallest absolute Gasteiger partial charge is 0.317 e. The number of carboxylic acids is 3. The lowest BCUT2D eigenvalue weighted by atomic mass is 9.83. The van der Waals surface area contributed by atoms with Crippen LogP contribution in [0.3, 0.4) is 0 Å². The third kappa shape index (κ3) is 12.6. The summed E-state index contributed by atoms with van der Waals surface area (Å²) in [5, 5.41) is 30.9. The highest BCUT2D eigenvalue weighted by atomic mass is 16.4. The van der Waals surface area contributed by atoms with Gasteiger partial charge in [0.1, 0.15) is 0 Å². The second kappa shape index (κ2) is 15.7. The maximum absolute atomic E-state index is 12.7. The number of carbonyl (C=O) groups is 4. The van der Waals surface area contributed by atoms with Gasteiger partial charge in [-0.25, -0.2) is 0 Å². The summed E-state index contributed by atoms with van der Waals surface area (Å²) in [5.41, 5.74) is 0. The van der Waals surface area contributed by atoms with Gasteiger partial charge in [0.15, 0.2) is 0 Å². The first-order chi connectivity index (χ1) is 17.1. The molecule has 2 aliphatic rings. The molecule has 1 saturated heterocycles. The minimum atomic E-state index is -0.989. The van der Waals surface area contributed by atoms with Gasteiger partial charge in [-0.15, -0.1) is 0 Å². The van der Waals surface area contributed by atoms with Gasteiger partial charge in [0, 0.05) is 58.9 Å². The number of nitrogens with one attached hydrogen (secondary N) is 1. The number of carboxylic acid groups (broad SMARTS) is 3. The van der Waals surface area contributed by atoms with Crippen molar-refractivity contribution in [1.29, 1.82) is 0 Å². The Hall–Kier alpha value is -2.28. The second-order valence-electron chi connectivity index (χ2n) is 10.2. The molecule has 36 heavy (non-hydrogen) atoms. The van der Waals surface area contributed by atoms with Crippen molar-refractivity contribution >= 4 is 23.8 Å². The summed E-state index contributed by atoms with van der Waals surface area (Å²) < 4.78 is 0. The van der Waals surface area contributed by atoms with E-state index in [4.69, 9.17) is 0 Å². The summed E-state index contributed by atoms with van der Waals surface area (Å²) in [6, 6.07) is 0. The van der Waals surface area contributed by atoms with E-state index < -0.39 is 17.9 Å². The largest absolute Gasteiger partial charge is 0.480 e. The van der Waals surface area contributed by atoms with Crippen molar-refractivity contribution in [3.05, 3.63) is 0 Å². The van der Waals surface area contributed by atoms with Crippen LogP contribution in [0.4, 0.5) is 0 Å². The summed E-state index contributed by atoms with van der Waals surface area (Å²) in [6.45, 7) is 5.65. The molecule has 0 bridgehead atoms. The Kier molecular flexibility index (Phi) is 13.1. The van der Waals surface area contributed by atoms with Gasteiger partial charge < -0.3 is 20.6 Å². The molecule has 12 nitrogen and oxygen atoms in total. The Morgan fingerprint density at radius 3 is 1.28 bits per heavy atom. The average molecular weight is 514 g/mol. The molecule has 1 aliphatic carbocycles. The third-order valence-corrected chi connectivity index (χ3v) is 7.10. The minimum absolute atomic E-state index is 0.0806. The lowest BCUT2D eigenvalue weighted by Crippen LogP contribution is -2.50. The molecule has 1 aliphatic heterocycles. The summed E-state index contributed by atoms with van der Waals surface area (Å²) >= 11 is 0. The molecule has 206 valence electrons. The van der Waals surface area contributed by atoms with Crippen LogP contribution >= 0.6 is 0 Å². The van der Waals surface area contributed by atoms with Gasteiger partial charge in [-0.05, 0) is 24.7 Å². The number of nitrogens with zero attached hydrogens (tertiary/aromatic N) is 4. The molecule has 1 amide bonds. The number of carbonyl (C=O) groups excluding carboxylic acids is 1. The van der Waals surface area contributed by atoms with Crippen molar-refractivity contribution in [2.75, 3.05) is 85.1 Å². The maximum Gasteiger partial charge on any atom is 0.317 e. The SMILES string of the molecule is C[C@H]1CC[C@H](CNC(=O)CN2CCN(CC(=O)O)CCN(CC(=O)O)CCN(CC(=O)O)CC2)CC1. The van der Waals surface area contributed by atoms with Crippen LogP contribution in [-0.2, 0) is 19.2 Å². The van der Waals surface area contributed by atoms with Crippen molar-refractivity contribution in [2.24, 2.45) is 11.8 Å². The molecule has 2 rings (SSSR count). The van der Waals surface area contributed by atoms with E-state index in [0.717, 1.165) is 18.8 Å². The summed E-state index contributed by atoms with van der Waals surface area (Å²) in [4.78, 5) is 53.9. The van der Waals surface area contributed by atoms with E-state index in [1.807, 2.05) is 4.90 Å². The Morgan fingerprint density at radius 2 is 0.944 bits per heavy atom. The lowest BCUT2D eigenvalue weighted by Gasteiger charge is -2.33. The molecule has 0 unspecified atom stereocenters. The molecular weight excluding hydrogens is 470 g/mol. The molecule has 2 fully saturated rings. The predicted molar refractivity (Wildman–Crippen MR) is 133 cm³/mol. The molecule has 4 N–H and O–H groups in total. The standard InChI is InChI=1S/C24H43N5O7/c1-19-2-4-20(5-3-19)14-25-21(30)15-26-6-8-27(16-22(31)32)10-12-29(18-24(35)36)13-11-28(9-7-26)17-23(33)34/h19-20H,2-18H2,1H3,(H,25,30)(H,31,32)(H,33,34)(H,35,36)/t19-,20-. The zero-order chi connectivity index (χ0) is 26.5. The summed E-state index contributed by atoms with van der Waals surface area (Å²) in [5.74, 6) is -1.75. The van der Waals surface area contributed by atoms with Crippen LogP contribution < -0.4 is 5.32 Å². The molecule has 0 atom stereocenters. The van der Waals surface area contributed by atoms with E-state index in [1.54, 1.807) is 14.7 Å². The number of aliphatic carboxylic acids is 3. The van der Waals surface area contributed by atoms with Crippen molar-refractivity contribution in [3.8, 4) is 0 Å². The van der Waals surface area contributed by atoms with Crippen LogP contribution in [0.15, 0.2) is 0 Å². The van der Waals surface area contributed by atoms with Crippen LogP contribution in [0.5, 0.6) is 0 Å². The first-order valence-electron chi connectivity index (χ1n) is 12.9. The highest BCUT2D eigenvalue weighted by Gasteiger charge is 2.22. The third-order valence-electron chi connectivity index (χ3n) is 7.10. The summed E-state index contributed by atoms with van der Waals surface area (Å²) in [7, 11) is 0. The number of rotatable bonds is 10. The van der Waals surface area contributed by atoms with E-state index in [1.165, 1.54) is 12.8 Å². The Morgan fingerprint density at radius 1 is 0.611 bits per heavy atom. The molecule has 0 aromatic heterocycles. The van der Waals surface area contributed by atoms with Gasteiger partial charge in [0.2, 0.25) is 5.91 Å². The Labute approximate surface area is 213 Å². The summed E-state index contributed by atoms with van der Waals surface area (Å²) in [6.07, 6.45) is 4.63. The molecule has 1 saturated carbocycles. The highest BCUT2D eigenvalue weighted by molar-refractivity contribution is 5.78. The van der Waals surface area contributed by atoms with Crippen LogP contribution in [0, 0.1) is 11.8 Å². The molecular formula is C24H43N5O7. The van der Waals surface area contributed by atoms with Gasteiger partial charge >= 0.3 is 17.9 Å². The van der Waals surface area contributed by atoms with Gasteiger partial charge in [0.25, 0.3) is 0 Å². The van der Waals surface area contributed by atoms with Gasteiger partial charge in [-0.2, -0.15) is 0 Å². The second-order valence-corrected chi connectivity index (χ2v) is 10.2. The fourth-order valence-electron chi connectivity index (χ4n) is 4.84. The fraction of sp³-hybridized carbons (Fsp3) is 0.833. The maximum atomic E-state index is 12.7. The van der Waals surface area contributed by atoms with Crippen molar-refractivity contribution in [2.45, 2.75) is 32.6 Å². The lowest BCUT2D eigenvalue weighted by molar-refractivity contribution is -0.140. The number of hydrogen-bond donors (Lipinski definition) is 4. The minimum Gasteiger partial charge on any atom is -0.480 e. The molecule has 1 heterocycles. The van der Waals surface area contributed by atoms with Crippen LogP contribution in [0.25, 0.3) is 0 Å². The molecule has 0 aromatic rings. The highest BCUT2D eigenvalue weighted by Crippen LogP contribution is 2.27. The molecule has 0 radical (unpaired) electrons. The average Bonchev–Trinajstić information content (AvgIpc) is 2.79. The Balaban J connectivity index is 2.01.